The van der Waals surface area contributed by atoms with Crippen LogP contribution in [-0.2, 0) is 18.3 Å². The Morgan fingerprint density at radius 3 is 3.09 bits per heavy atom. The summed E-state index contributed by atoms with van der Waals surface area (Å²) >= 11 is 1.60. The van der Waals surface area contributed by atoms with Crippen LogP contribution in [0.25, 0.3) is 17.5 Å². The molecule has 0 saturated carbocycles. The molecule has 0 aliphatic heterocycles. The molecule has 23 heavy (non-hydrogen) atoms. The Labute approximate surface area is 138 Å². The fourth-order valence-corrected chi connectivity index (χ4v) is 2.80. The Kier molecular flexibility index (Phi) is 4.73. The lowest BCUT2D eigenvalue weighted by Gasteiger charge is -2.02. The van der Waals surface area contributed by atoms with Crippen LogP contribution in [0.15, 0.2) is 52.6 Å². The minimum atomic E-state index is -0.0983. The molecule has 1 amide bonds. The Hall–Kier alpha value is -2.60. The maximum absolute atomic E-state index is 11.8. The molecule has 0 aliphatic rings. The average Bonchev–Trinajstić information content (AvgIpc) is 3.28. The highest BCUT2D eigenvalue weighted by Crippen LogP contribution is 2.18. The normalized spacial score (nSPS) is 11.2. The molecule has 0 unspecified atom stereocenters. The summed E-state index contributed by atoms with van der Waals surface area (Å²) in [4.78, 5) is 17.4. The highest BCUT2D eigenvalue weighted by Gasteiger charge is 2.09. The number of aromatic nitrogens is 2. The van der Waals surface area contributed by atoms with Crippen LogP contribution >= 0.6 is 11.3 Å². The van der Waals surface area contributed by atoms with Gasteiger partial charge in [0.15, 0.2) is 5.76 Å². The molecule has 0 atom stereocenters. The lowest BCUT2D eigenvalue weighted by atomic mass is 10.3. The number of carbonyl (C=O) groups is 1. The second kappa shape index (κ2) is 7.11. The van der Waals surface area contributed by atoms with Crippen molar-refractivity contribution < 1.29 is 9.21 Å². The summed E-state index contributed by atoms with van der Waals surface area (Å²) in [6, 6.07) is 7.64. The highest BCUT2D eigenvalue weighted by molar-refractivity contribution is 7.10. The van der Waals surface area contributed by atoms with Crippen LogP contribution in [0.4, 0.5) is 0 Å². The second-order valence-electron chi connectivity index (χ2n) is 5.02. The van der Waals surface area contributed by atoms with Crippen LogP contribution in [-0.4, -0.2) is 22.0 Å². The van der Waals surface area contributed by atoms with Gasteiger partial charge in [0, 0.05) is 37.2 Å². The van der Waals surface area contributed by atoms with E-state index in [9.17, 15) is 4.79 Å². The van der Waals surface area contributed by atoms with Crippen LogP contribution in [0.1, 0.15) is 10.7 Å². The van der Waals surface area contributed by atoms with Gasteiger partial charge in [-0.05, 0) is 29.7 Å². The van der Waals surface area contributed by atoms with Gasteiger partial charge in [-0.1, -0.05) is 6.07 Å². The van der Waals surface area contributed by atoms with Crippen molar-refractivity contribution in [2.45, 2.75) is 6.42 Å². The first-order valence-electron chi connectivity index (χ1n) is 7.28. The predicted octanol–water partition coefficient (Wildman–Crippen LogP) is 3.11. The maximum atomic E-state index is 11.8. The van der Waals surface area contributed by atoms with Crippen molar-refractivity contribution in [3.8, 4) is 11.5 Å². The molecule has 0 fully saturated rings. The molecule has 5 nitrogen and oxygen atoms in total. The minimum Gasteiger partial charge on any atom is -0.463 e. The number of nitrogens with one attached hydrogen (secondary N) is 1. The first-order valence-corrected chi connectivity index (χ1v) is 8.16. The van der Waals surface area contributed by atoms with E-state index in [-0.39, 0.29) is 5.91 Å². The third kappa shape index (κ3) is 3.98. The van der Waals surface area contributed by atoms with Gasteiger partial charge in [-0.2, -0.15) is 0 Å². The zero-order chi connectivity index (χ0) is 16.1. The number of hydrogen-bond donors (Lipinski definition) is 1. The van der Waals surface area contributed by atoms with E-state index in [1.807, 2.05) is 53.5 Å². The third-order valence-corrected chi connectivity index (χ3v) is 4.17. The molecule has 0 aromatic carbocycles. The molecule has 118 valence electrons. The van der Waals surface area contributed by atoms with E-state index in [1.54, 1.807) is 23.7 Å². The average molecular weight is 327 g/mol. The Balaban J connectivity index is 1.52. The van der Waals surface area contributed by atoms with Gasteiger partial charge in [0.25, 0.3) is 0 Å². The van der Waals surface area contributed by atoms with Crippen molar-refractivity contribution in [1.29, 1.82) is 0 Å². The molecule has 3 rings (SSSR count). The fraction of sp³-hybridized carbons (Fsp3) is 0.176. The van der Waals surface area contributed by atoms with Crippen LogP contribution in [0.2, 0.25) is 0 Å². The standard InChI is InChI=1S/C17H17N3O2S/c1-20-12-14(15-5-2-10-22-15)19-16(20)8-9-18-17(21)7-6-13-4-3-11-23-13/h2-7,10-12H,8-9H2,1H3,(H,18,21)/b7-6+. The van der Waals surface area contributed by atoms with E-state index in [0.29, 0.717) is 13.0 Å². The number of carbonyl (C=O) groups excluding carboxylic acids is 1. The Morgan fingerprint density at radius 2 is 2.35 bits per heavy atom. The zero-order valence-electron chi connectivity index (χ0n) is 12.7. The highest BCUT2D eigenvalue weighted by atomic mass is 32.1. The van der Waals surface area contributed by atoms with Gasteiger partial charge in [-0.3, -0.25) is 4.79 Å². The molecular formula is C17H17N3O2S. The SMILES string of the molecule is Cn1cc(-c2ccco2)nc1CCNC(=O)/C=C/c1cccs1. The molecule has 0 aliphatic carbocycles. The second-order valence-corrected chi connectivity index (χ2v) is 6.00. The van der Waals surface area contributed by atoms with E-state index in [1.165, 1.54) is 0 Å². The quantitative estimate of drug-likeness (QED) is 0.708. The third-order valence-electron chi connectivity index (χ3n) is 3.34. The summed E-state index contributed by atoms with van der Waals surface area (Å²) in [7, 11) is 1.94. The molecule has 3 aromatic heterocycles. The summed E-state index contributed by atoms with van der Waals surface area (Å²) in [5.41, 5.74) is 0.802. The van der Waals surface area contributed by atoms with Gasteiger partial charge in [0.05, 0.1) is 6.26 Å². The molecule has 0 saturated heterocycles. The summed E-state index contributed by atoms with van der Waals surface area (Å²) < 4.78 is 7.29. The molecular weight excluding hydrogens is 310 g/mol. The first kappa shape index (κ1) is 15.3. The fourth-order valence-electron chi connectivity index (χ4n) is 2.18. The summed E-state index contributed by atoms with van der Waals surface area (Å²) in [5.74, 6) is 1.55. The van der Waals surface area contributed by atoms with Crippen molar-refractivity contribution in [3.05, 3.63) is 58.9 Å². The van der Waals surface area contributed by atoms with Crippen LogP contribution < -0.4 is 5.32 Å². The topological polar surface area (TPSA) is 60.1 Å². The van der Waals surface area contributed by atoms with E-state index in [4.69, 9.17) is 4.42 Å². The minimum absolute atomic E-state index is 0.0983. The number of imidazole rings is 1. The molecule has 0 bridgehead atoms. The molecule has 0 radical (unpaired) electrons. The number of furan rings is 1. The van der Waals surface area contributed by atoms with E-state index < -0.39 is 0 Å². The molecule has 6 heteroatoms. The lowest BCUT2D eigenvalue weighted by Crippen LogP contribution is -2.24. The van der Waals surface area contributed by atoms with Crippen LogP contribution in [0, 0.1) is 0 Å². The Morgan fingerprint density at radius 1 is 1.43 bits per heavy atom. The molecule has 1 N–H and O–H groups in total. The number of aryl methyl sites for hydroxylation is 1. The van der Waals surface area contributed by atoms with Crippen LogP contribution in [0.5, 0.6) is 0 Å². The number of amides is 1. The van der Waals surface area contributed by atoms with Gasteiger partial charge >= 0.3 is 0 Å². The van der Waals surface area contributed by atoms with Gasteiger partial charge < -0.3 is 14.3 Å². The van der Waals surface area contributed by atoms with Crippen molar-refractivity contribution in [2.24, 2.45) is 7.05 Å². The van der Waals surface area contributed by atoms with Gasteiger partial charge in [0.1, 0.15) is 11.5 Å². The van der Waals surface area contributed by atoms with E-state index >= 15 is 0 Å². The van der Waals surface area contributed by atoms with Gasteiger partial charge in [-0.15, -0.1) is 11.3 Å². The Bertz CT molecular complexity index is 786. The van der Waals surface area contributed by atoms with Gasteiger partial charge in [-0.25, -0.2) is 4.98 Å². The van der Waals surface area contributed by atoms with Crippen molar-refractivity contribution in [1.82, 2.24) is 14.9 Å². The predicted molar refractivity (Wildman–Crippen MR) is 91.0 cm³/mol. The number of nitrogens with zero attached hydrogens (tertiary/aromatic N) is 2. The smallest absolute Gasteiger partial charge is 0.244 e. The largest absolute Gasteiger partial charge is 0.463 e. The lowest BCUT2D eigenvalue weighted by molar-refractivity contribution is -0.116. The van der Waals surface area contributed by atoms with E-state index in [2.05, 4.69) is 10.3 Å². The zero-order valence-corrected chi connectivity index (χ0v) is 13.5. The summed E-state index contributed by atoms with van der Waals surface area (Å²) in [6.07, 6.45) is 7.58. The number of rotatable bonds is 6. The monoisotopic (exact) mass is 327 g/mol. The molecule has 3 aromatic rings. The summed E-state index contributed by atoms with van der Waals surface area (Å²) in [5, 5.41) is 4.85. The van der Waals surface area contributed by atoms with Crippen molar-refractivity contribution in [3.63, 3.8) is 0 Å². The number of hydrogen-bond acceptors (Lipinski definition) is 4. The van der Waals surface area contributed by atoms with E-state index in [0.717, 1.165) is 22.2 Å². The van der Waals surface area contributed by atoms with Crippen molar-refractivity contribution in [2.75, 3.05) is 6.54 Å². The van der Waals surface area contributed by atoms with Gasteiger partial charge in [0.2, 0.25) is 5.91 Å². The molecule has 0 spiro atoms. The molecule has 3 heterocycles. The number of thiophene rings is 1. The summed E-state index contributed by atoms with van der Waals surface area (Å²) in [6.45, 7) is 0.538. The van der Waals surface area contributed by atoms with Crippen LogP contribution in [0.3, 0.4) is 0 Å². The van der Waals surface area contributed by atoms with Crippen molar-refractivity contribution >= 4 is 23.3 Å². The first-order chi connectivity index (χ1) is 11.2. The maximum Gasteiger partial charge on any atom is 0.244 e.